The summed E-state index contributed by atoms with van der Waals surface area (Å²) in [6.07, 6.45) is -4.42. The predicted octanol–water partition coefficient (Wildman–Crippen LogP) is 5.90. The average Bonchev–Trinajstić information content (AvgIpc) is 2.44. The van der Waals surface area contributed by atoms with Crippen molar-refractivity contribution in [1.82, 2.24) is 0 Å². The molecular formula is C17H9ClF6. The molecule has 2 rings (SSSR count). The fourth-order valence-corrected chi connectivity index (χ4v) is 2.33. The van der Waals surface area contributed by atoms with Crippen molar-refractivity contribution in [2.45, 2.75) is 19.5 Å². The molecule has 0 saturated carbocycles. The zero-order valence-electron chi connectivity index (χ0n) is 12.2. The maximum Gasteiger partial charge on any atom is 0.458 e. The van der Waals surface area contributed by atoms with Crippen molar-refractivity contribution < 1.29 is 26.3 Å². The van der Waals surface area contributed by atoms with E-state index in [-0.39, 0.29) is 5.56 Å². The topological polar surface area (TPSA) is 0 Å². The summed E-state index contributed by atoms with van der Waals surface area (Å²) in [6, 6.07) is 3.86. The molecule has 126 valence electrons. The van der Waals surface area contributed by atoms with E-state index in [4.69, 9.17) is 11.6 Å². The molecule has 0 atom stereocenters. The van der Waals surface area contributed by atoms with Gasteiger partial charge in [-0.15, -0.1) is 0 Å². The number of benzene rings is 2. The van der Waals surface area contributed by atoms with Crippen LogP contribution in [0.3, 0.4) is 0 Å². The van der Waals surface area contributed by atoms with Crippen LogP contribution in [-0.2, 0) is 6.42 Å². The van der Waals surface area contributed by atoms with E-state index >= 15 is 0 Å². The van der Waals surface area contributed by atoms with E-state index < -0.39 is 39.8 Å². The molecule has 0 bridgehead atoms. The van der Waals surface area contributed by atoms with E-state index in [2.05, 4.69) is 0 Å². The van der Waals surface area contributed by atoms with Crippen LogP contribution in [0.1, 0.15) is 18.1 Å². The van der Waals surface area contributed by atoms with E-state index in [1.54, 1.807) is 12.8 Å². The van der Waals surface area contributed by atoms with Crippen LogP contribution in [0.2, 0.25) is 5.02 Å². The Labute approximate surface area is 139 Å². The van der Waals surface area contributed by atoms with E-state index in [1.165, 1.54) is 0 Å². The minimum absolute atomic E-state index is 0.229. The molecular weight excluding hydrogens is 354 g/mol. The van der Waals surface area contributed by atoms with Crippen LogP contribution in [0.25, 0.3) is 11.1 Å². The number of alkyl halides is 3. The second-order valence-corrected chi connectivity index (χ2v) is 5.26. The highest BCUT2D eigenvalue weighted by atomic mass is 35.5. The maximum atomic E-state index is 14.1. The molecule has 0 aliphatic heterocycles. The van der Waals surface area contributed by atoms with Gasteiger partial charge in [-0.1, -0.05) is 24.4 Å². The van der Waals surface area contributed by atoms with Gasteiger partial charge in [-0.3, -0.25) is 0 Å². The first-order valence-corrected chi connectivity index (χ1v) is 7.07. The van der Waals surface area contributed by atoms with Gasteiger partial charge in [0.25, 0.3) is 0 Å². The van der Waals surface area contributed by atoms with Gasteiger partial charge in [-0.05, 0) is 41.8 Å². The van der Waals surface area contributed by atoms with Crippen molar-refractivity contribution in [3.05, 3.63) is 57.9 Å². The zero-order valence-corrected chi connectivity index (χ0v) is 12.9. The van der Waals surface area contributed by atoms with Crippen LogP contribution in [0, 0.1) is 29.3 Å². The highest BCUT2D eigenvalue weighted by molar-refractivity contribution is 6.32. The first-order chi connectivity index (χ1) is 11.1. The first kappa shape index (κ1) is 18.2. The first-order valence-electron chi connectivity index (χ1n) is 6.69. The van der Waals surface area contributed by atoms with Crippen molar-refractivity contribution >= 4 is 11.6 Å². The van der Waals surface area contributed by atoms with Gasteiger partial charge in [-0.2, -0.15) is 13.2 Å². The van der Waals surface area contributed by atoms with Gasteiger partial charge in [-0.25, -0.2) is 13.2 Å². The summed E-state index contributed by atoms with van der Waals surface area (Å²) in [4.78, 5) is 0. The number of halogens is 7. The maximum absolute atomic E-state index is 14.1. The summed E-state index contributed by atoms with van der Waals surface area (Å²) >= 11 is 5.72. The van der Waals surface area contributed by atoms with Crippen LogP contribution in [0.5, 0.6) is 0 Å². The minimum atomic E-state index is -4.82. The van der Waals surface area contributed by atoms with E-state index in [1.807, 2.05) is 0 Å². The Kier molecular flexibility index (Phi) is 5.14. The molecule has 0 amide bonds. The Morgan fingerprint density at radius 2 is 1.54 bits per heavy atom. The molecule has 0 fully saturated rings. The van der Waals surface area contributed by atoms with E-state index in [0.29, 0.717) is 18.1 Å². The van der Waals surface area contributed by atoms with Gasteiger partial charge in [0.2, 0.25) is 0 Å². The lowest BCUT2D eigenvalue weighted by atomic mass is 10.00. The van der Waals surface area contributed by atoms with Crippen LogP contribution >= 0.6 is 11.6 Å². The molecule has 0 saturated heterocycles. The van der Waals surface area contributed by atoms with Gasteiger partial charge in [0.15, 0.2) is 0 Å². The summed E-state index contributed by atoms with van der Waals surface area (Å²) in [5, 5.41) is -0.472. The highest BCUT2D eigenvalue weighted by Crippen LogP contribution is 2.32. The van der Waals surface area contributed by atoms with Crippen LogP contribution in [0.4, 0.5) is 26.3 Å². The molecule has 0 N–H and O–H groups in total. The monoisotopic (exact) mass is 362 g/mol. The van der Waals surface area contributed by atoms with Crippen molar-refractivity contribution in [1.29, 1.82) is 0 Å². The molecule has 2 aromatic carbocycles. The summed E-state index contributed by atoms with van der Waals surface area (Å²) in [5.74, 6) is -0.569. The average molecular weight is 363 g/mol. The Bertz CT molecular complexity index is 796. The lowest BCUT2D eigenvalue weighted by Crippen LogP contribution is -2.02. The predicted molar refractivity (Wildman–Crippen MR) is 79.1 cm³/mol. The Morgan fingerprint density at radius 1 is 0.958 bits per heavy atom. The highest BCUT2D eigenvalue weighted by Gasteiger charge is 2.24. The third kappa shape index (κ3) is 4.04. The number of aryl methyl sites for hydroxylation is 1. The largest absolute Gasteiger partial charge is 0.458 e. The van der Waals surface area contributed by atoms with Crippen molar-refractivity contribution in [2.75, 3.05) is 0 Å². The second kappa shape index (κ2) is 6.78. The molecule has 0 unspecified atom stereocenters. The Morgan fingerprint density at radius 3 is 2.00 bits per heavy atom. The van der Waals surface area contributed by atoms with Gasteiger partial charge in [0, 0.05) is 5.92 Å². The van der Waals surface area contributed by atoms with Crippen molar-refractivity contribution in [3.63, 3.8) is 0 Å². The SMILES string of the molecule is CCc1cc(F)c(-c2cc(F)c(C#CC(F)(F)F)c(Cl)c2)c(F)c1. The standard InChI is InChI=1S/C17H9ClF6/c1-2-9-5-14(20)16(15(21)6-9)10-7-12(18)11(13(19)8-10)3-4-17(22,23)24/h5-8H,2H2,1H3. The molecule has 0 aliphatic rings. The molecule has 0 spiro atoms. The van der Waals surface area contributed by atoms with Crippen LogP contribution in [0.15, 0.2) is 24.3 Å². The molecule has 0 nitrogen and oxygen atoms in total. The third-order valence-corrected chi connectivity index (χ3v) is 3.47. The van der Waals surface area contributed by atoms with Crippen molar-refractivity contribution in [3.8, 4) is 23.0 Å². The van der Waals surface area contributed by atoms with E-state index in [0.717, 1.165) is 24.1 Å². The molecule has 2 aromatic rings. The fourth-order valence-electron chi connectivity index (χ4n) is 2.08. The minimum Gasteiger partial charge on any atom is -0.206 e. The normalized spacial score (nSPS) is 11.2. The van der Waals surface area contributed by atoms with Gasteiger partial charge in [0.05, 0.1) is 16.1 Å². The van der Waals surface area contributed by atoms with Gasteiger partial charge in [0.1, 0.15) is 17.5 Å². The number of hydrogen-bond donors (Lipinski definition) is 0. The smallest absolute Gasteiger partial charge is 0.206 e. The van der Waals surface area contributed by atoms with Crippen molar-refractivity contribution in [2.24, 2.45) is 0 Å². The number of rotatable bonds is 2. The van der Waals surface area contributed by atoms with Gasteiger partial charge < -0.3 is 0 Å². The van der Waals surface area contributed by atoms with Crippen LogP contribution < -0.4 is 0 Å². The molecule has 24 heavy (non-hydrogen) atoms. The van der Waals surface area contributed by atoms with Gasteiger partial charge >= 0.3 is 6.18 Å². The molecule has 7 heteroatoms. The Balaban J connectivity index is 2.57. The third-order valence-electron chi connectivity index (χ3n) is 3.17. The molecule has 0 aliphatic carbocycles. The lowest BCUT2D eigenvalue weighted by Gasteiger charge is -2.09. The summed E-state index contributed by atoms with van der Waals surface area (Å²) in [7, 11) is 0. The summed E-state index contributed by atoms with van der Waals surface area (Å²) < 4.78 is 78.4. The van der Waals surface area contributed by atoms with Crippen LogP contribution in [-0.4, -0.2) is 6.18 Å². The number of hydrogen-bond acceptors (Lipinski definition) is 0. The summed E-state index contributed by atoms with van der Waals surface area (Å²) in [5.41, 5.74) is -1.02. The fraction of sp³-hybridized carbons (Fsp3) is 0.176. The molecule has 0 heterocycles. The summed E-state index contributed by atoms with van der Waals surface area (Å²) in [6.45, 7) is 1.71. The molecule has 0 radical (unpaired) electrons. The Hall–Kier alpha value is -2.13. The molecule has 0 aromatic heterocycles. The quantitative estimate of drug-likeness (QED) is 0.461. The lowest BCUT2D eigenvalue weighted by molar-refractivity contribution is -0.0696. The zero-order chi connectivity index (χ0) is 18.1. The van der Waals surface area contributed by atoms with E-state index in [9.17, 15) is 26.3 Å². The second-order valence-electron chi connectivity index (χ2n) is 4.85.